The van der Waals surface area contributed by atoms with Gasteiger partial charge >= 0.3 is 6.09 Å². The summed E-state index contributed by atoms with van der Waals surface area (Å²) in [5, 5.41) is 13.9. The number of benzene rings is 3. The minimum absolute atomic E-state index is 0.132. The quantitative estimate of drug-likeness (QED) is 0.484. The van der Waals surface area contributed by atoms with Crippen LogP contribution in [-0.2, 0) is 0 Å². The van der Waals surface area contributed by atoms with Crippen LogP contribution in [-0.4, -0.2) is 34.3 Å². The second kappa shape index (κ2) is 8.07. The Morgan fingerprint density at radius 3 is 2.71 bits per heavy atom. The highest BCUT2D eigenvalue weighted by Crippen LogP contribution is 2.38. The Balaban J connectivity index is 1.49. The van der Waals surface area contributed by atoms with Crippen LogP contribution in [0.2, 0.25) is 0 Å². The fraction of sp³-hybridized carbons (Fsp3) is 0.160. The predicted octanol–water partition coefficient (Wildman–Crippen LogP) is 5.19. The van der Waals surface area contributed by atoms with Crippen LogP contribution in [0.3, 0.4) is 0 Å². The van der Waals surface area contributed by atoms with Gasteiger partial charge in [-0.05, 0) is 41.0 Å². The number of carbonyl (C=O) groups is 1. The standard InChI is InChI=1S/C25H22N4O2/c30-25(31)27-16-20-12-14-29(23-8-4-3-7-21(20)23)24-26-13-11-22(28-24)19-10-9-17-5-1-2-6-18(17)15-19/h1-11,13,15,20,27H,12,14,16H2,(H,30,31). The summed E-state index contributed by atoms with van der Waals surface area (Å²) in [7, 11) is 0. The summed E-state index contributed by atoms with van der Waals surface area (Å²) < 4.78 is 0. The van der Waals surface area contributed by atoms with Crippen LogP contribution in [0.25, 0.3) is 22.0 Å². The van der Waals surface area contributed by atoms with Crippen LogP contribution in [0, 0.1) is 0 Å². The average molecular weight is 410 g/mol. The monoisotopic (exact) mass is 410 g/mol. The van der Waals surface area contributed by atoms with Gasteiger partial charge in [-0.25, -0.2) is 14.8 Å². The SMILES string of the molecule is O=C(O)NCC1CCN(c2nccc(-c3ccc4ccccc4c3)n2)c2ccccc21. The summed E-state index contributed by atoms with van der Waals surface area (Å²) >= 11 is 0. The Kier molecular flexibility index (Phi) is 4.96. The number of carboxylic acid groups (broad SMARTS) is 1. The van der Waals surface area contributed by atoms with Crippen molar-refractivity contribution in [1.82, 2.24) is 15.3 Å². The average Bonchev–Trinajstić information content (AvgIpc) is 2.82. The molecule has 0 saturated heterocycles. The van der Waals surface area contributed by atoms with Crippen molar-refractivity contribution in [3.63, 3.8) is 0 Å². The van der Waals surface area contributed by atoms with E-state index < -0.39 is 6.09 Å². The lowest BCUT2D eigenvalue weighted by atomic mass is 9.90. The van der Waals surface area contributed by atoms with Gasteiger partial charge in [0.05, 0.1) is 5.69 Å². The highest BCUT2D eigenvalue weighted by Gasteiger charge is 2.27. The minimum atomic E-state index is -0.994. The van der Waals surface area contributed by atoms with Crippen LogP contribution in [0.5, 0.6) is 0 Å². The van der Waals surface area contributed by atoms with Crippen molar-refractivity contribution in [2.24, 2.45) is 0 Å². The van der Waals surface area contributed by atoms with Crippen molar-refractivity contribution < 1.29 is 9.90 Å². The molecule has 1 amide bonds. The Labute approximate surface area is 180 Å². The number of hydrogen-bond acceptors (Lipinski definition) is 4. The zero-order chi connectivity index (χ0) is 21.2. The molecule has 1 unspecified atom stereocenters. The maximum Gasteiger partial charge on any atom is 0.404 e. The molecule has 154 valence electrons. The lowest BCUT2D eigenvalue weighted by molar-refractivity contribution is 0.193. The van der Waals surface area contributed by atoms with Gasteiger partial charge in [0.25, 0.3) is 0 Å². The summed E-state index contributed by atoms with van der Waals surface area (Å²) in [5.74, 6) is 0.787. The van der Waals surface area contributed by atoms with Crippen LogP contribution < -0.4 is 10.2 Å². The number of hydrogen-bond donors (Lipinski definition) is 2. The van der Waals surface area contributed by atoms with E-state index in [0.29, 0.717) is 12.5 Å². The normalized spacial score (nSPS) is 15.5. The maximum absolute atomic E-state index is 11.0. The number of nitrogens with zero attached hydrogens (tertiary/aromatic N) is 3. The van der Waals surface area contributed by atoms with Crippen molar-refractivity contribution >= 4 is 28.5 Å². The van der Waals surface area contributed by atoms with E-state index in [1.54, 1.807) is 6.20 Å². The lowest BCUT2D eigenvalue weighted by Gasteiger charge is -2.34. The van der Waals surface area contributed by atoms with Crippen molar-refractivity contribution in [2.75, 3.05) is 18.0 Å². The lowest BCUT2D eigenvalue weighted by Crippen LogP contribution is -2.34. The third kappa shape index (κ3) is 3.80. The van der Waals surface area contributed by atoms with Crippen molar-refractivity contribution in [2.45, 2.75) is 12.3 Å². The molecule has 0 fully saturated rings. The van der Waals surface area contributed by atoms with Crippen LogP contribution in [0.1, 0.15) is 17.9 Å². The van der Waals surface area contributed by atoms with Gasteiger partial charge in [-0.1, -0.05) is 54.6 Å². The third-order valence-corrected chi connectivity index (χ3v) is 5.80. The molecule has 2 heterocycles. The topological polar surface area (TPSA) is 78.4 Å². The first kappa shape index (κ1) is 19.1. The fourth-order valence-corrected chi connectivity index (χ4v) is 4.26. The maximum atomic E-state index is 11.0. The summed E-state index contributed by atoms with van der Waals surface area (Å²) in [6.07, 6.45) is 1.63. The Bertz CT molecular complexity index is 1260. The molecule has 0 spiro atoms. The molecule has 4 aromatic rings. The molecule has 6 nitrogen and oxygen atoms in total. The zero-order valence-electron chi connectivity index (χ0n) is 16.9. The molecule has 1 aliphatic heterocycles. The van der Waals surface area contributed by atoms with Gasteiger partial charge in [-0.2, -0.15) is 0 Å². The molecule has 0 radical (unpaired) electrons. The summed E-state index contributed by atoms with van der Waals surface area (Å²) in [4.78, 5) is 22.5. The molecule has 0 saturated carbocycles. The molecule has 31 heavy (non-hydrogen) atoms. The molecular formula is C25H22N4O2. The van der Waals surface area contributed by atoms with Gasteiger partial charge in [0, 0.05) is 36.5 Å². The zero-order valence-corrected chi connectivity index (χ0v) is 16.9. The smallest absolute Gasteiger partial charge is 0.404 e. The van der Waals surface area contributed by atoms with Crippen molar-refractivity contribution in [3.05, 3.63) is 84.6 Å². The first-order valence-electron chi connectivity index (χ1n) is 10.3. The van der Waals surface area contributed by atoms with E-state index in [0.717, 1.165) is 35.5 Å². The number of fused-ring (bicyclic) bond motifs is 2. The van der Waals surface area contributed by atoms with E-state index in [9.17, 15) is 4.79 Å². The Morgan fingerprint density at radius 1 is 1.03 bits per heavy atom. The van der Waals surface area contributed by atoms with E-state index >= 15 is 0 Å². The van der Waals surface area contributed by atoms with Crippen LogP contribution in [0.15, 0.2) is 79.0 Å². The van der Waals surface area contributed by atoms with E-state index in [1.165, 1.54) is 10.8 Å². The number of anilines is 2. The van der Waals surface area contributed by atoms with Gasteiger partial charge in [-0.15, -0.1) is 0 Å². The summed E-state index contributed by atoms with van der Waals surface area (Å²) in [6.45, 7) is 1.13. The first-order chi connectivity index (χ1) is 15.2. The third-order valence-electron chi connectivity index (χ3n) is 5.80. The molecule has 1 aromatic heterocycles. The van der Waals surface area contributed by atoms with E-state index in [1.807, 2.05) is 36.4 Å². The van der Waals surface area contributed by atoms with Crippen LogP contribution in [0.4, 0.5) is 16.4 Å². The van der Waals surface area contributed by atoms with E-state index in [-0.39, 0.29) is 5.92 Å². The number of nitrogens with one attached hydrogen (secondary N) is 1. The summed E-state index contributed by atoms with van der Waals surface area (Å²) in [5.41, 5.74) is 4.07. The van der Waals surface area contributed by atoms with Gasteiger partial charge in [-0.3, -0.25) is 0 Å². The Morgan fingerprint density at radius 2 is 1.84 bits per heavy atom. The number of para-hydroxylation sites is 1. The Hall–Kier alpha value is -3.93. The second-order valence-corrected chi connectivity index (χ2v) is 7.69. The van der Waals surface area contributed by atoms with Crippen molar-refractivity contribution in [1.29, 1.82) is 0 Å². The number of rotatable bonds is 4. The minimum Gasteiger partial charge on any atom is -0.465 e. The predicted molar refractivity (Wildman–Crippen MR) is 122 cm³/mol. The highest BCUT2D eigenvalue weighted by atomic mass is 16.4. The number of aromatic nitrogens is 2. The number of amides is 1. The molecule has 0 aliphatic carbocycles. The van der Waals surface area contributed by atoms with Gasteiger partial charge in [0.1, 0.15) is 0 Å². The molecule has 2 N–H and O–H groups in total. The molecule has 6 heteroatoms. The molecule has 1 aliphatic rings. The summed E-state index contributed by atoms with van der Waals surface area (Å²) in [6, 6.07) is 24.7. The molecule has 3 aromatic carbocycles. The van der Waals surface area contributed by atoms with Gasteiger partial charge < -0.3 is 15.3 Å². The largest absolute Gasteiger partial charge is 0.465 e. The molecule has 1 atom stereocenters. The molecule has 5 rings (SSSR count). The fourth-order valence-electron chi connectivity index (χ4n) is 4.26. The van der Waals surface area contributed by atoms with E-state index in [4.69, 9.17) is 10.1 Å². The van der Waals surface area contributed by atoms with Crippen molar-refractivity contribution in [3.8, 4) is 11.3 Å². The van der Waals surface area contributed by atoms with E-state index in [2.05, 4.69) is 51.6 Å². The van der Waals surface area contributed by atoms with Crippen LogP contribution >= 0.6 is 0 Å². The first-order valence-corrected chi connectivity index (χ1v) is 10.3. The molecular weight excluding hydrogens is 388 g/mol. The highest BCUT2D eigenvalue weighted by molar-refractivity contribution is 5.86. The van der Waals surface area contributed by atoms with Gasteiger partial charge in [0.15, 0.2) is 0 Å². The second-order valence-electron chi connectivity index (χ2n) is 7.69. The van der Waals surface area contributed by atoms with Gasteiger partial charge in [0.2, 0.25) is 5.95 Å². The molecule has 0 bridgehead atoms.